The number of carbonyl (C=O) groups excluding carboxylic acids is 1. The number of rotatable bonds is 5. The minimum Gasteiger partial charge on any atom is -0.300 e. The van der Waals surface area contributed by atoms with E-state index in [0.29, 0.717) is 24.3 Å². The van der Waals surface area contributed by atoms with E-state index < -0.39 is 0 Å². The van der Waals surface area contributed by atoms with Gasteiger partial charge in [-0.1, -0.05) is 12.5 Å². The fraction of sp³-hybridized carbons (Fsp3) is 0.600. The molecule has 0 saturated heterocycles. The van der Waals surface area contributed by atoms with Crippen molar-refractivity contribution in [1.82, 2.24) is 0 Å². The van der Waals surface area contributed by atoms with E-state index in [4.69, 9.17) is 5.26 Å². The number of benzene rings is 1. The first-order valence-electron chi connectivity index (χ1n) is 8.95. The van der Waals surface area contributed by atoms with Crippen molar-refractivity contribution in [2.75, 3.05) is 0 Å². The van der Waals surface area contributed by atoms with Crippen molar-refractivity contribution in [3.05, 3.63) is 34.2 Å². The van der Waals surface area contributed by atoms with E-state index in [1.165, 1.54) is 11.1 Å². The van der Waals surface area contributed by atoms with E-state index in [9.17, 15) is 9.70 Å². The molecule has 3 unspecified atom stereocenters. The van der Waals surface area contributed by atoms with Gasteiger partial charge in [-0.25, -0.2) is 0 Å². The first-order chi connectivity index (χ1) is 11.6. The number of ketones is 1. The molecule has 0 aliphatic heterocycles. The molecule has 2 aliphatic carbocycles. The van der Waals surface area contributed by atoms with Gasteiger partial charge in [0.05, 0.1) is 6.07 Å². The molecule has 0 amide bonds. The smallest absolute Gasteiger partial charge is 0.133 e. The van der Waals surface area contributed by atoms with Gasteiger partial charge in [-0.05, 0) is 78.8 Å². The molecule has 0 heterocycles. The second-order valence-electron chi connectivity index (χ2n) is 7.55. The summed E-state index contributed by atoms with van der Waals surface area (Å²) >= 11 is 0. The molecule has 1 aromatic carbocycles. The van der Waals surface area contributed by atoms with Gasteiger partial charge in [0, 0.05) is 18.8 Å². The molecule has 1 aromatic rings. The number of nitrogens with zero attached hydrogens (tertiary/aromatic N) is 2. The van der Waals surface area contributed by atoms with E-state index in [-0.39, 0.29) is 17.3 Å². The highest BCUT2D eigenvalue weighted by molar-refractivity contribution is 5.80. The number of aryl methyl sites for hydroxylation is 1. The standard InChI is InChI=1S/C20H24N2O2/c1-14(13-21)3-2-8-20-9-6-15-11-16(22-24)4-5-18(15)19(20)12-17(23)7-10-20/h4-5,11,14,19H,2-3,6-10,12H2,1H3. The Hall–Kier alpha value is -2.02. The SMILES string of the molecule is CC(C#N)CCCC12CCC(=O)CC1c1ccc(N=O)cc1CC2. The van der Waals surface area contributed by atoms with Gasteiger partial charge in [-0.3, -0.25) is 4.79 Å². The Morgan fingerprint density at radius 3 is 2.92 bits per heavy atom. The van der Waals surface area contributed by atoms with Gasteiger partial charge in [0.15, 0.2) is 0 Å². The molecule has 1 fully saturated rings. The van der Waals surface area contributed by atoms with Gasteiger partial charge in [0.1, 0.15) is 11.5 Å². The fourth-order valence-electron chi connectivity index (χ4n) is 4.69. The van der Waals surface area contributed by atoms with E-state index >= 15 is 0 Å². The summed E-state index contributed by atoms with van der Waals surface area (Å²) in [6.45, 7) is 1.98. The monoisotopic (exact) mass is 324 g/mol. The Kier molecular flexibility index (Phi) is 4.80. The quantitative estimate of drug-likeness (QED) is 0.700. The number of Topliss-reactive ketones (excluding diaryl/α,β-unsaturated/α-hetero) is 1. The molecule has 24 heavy (non-hydrogen) atoms. The number of hydrogen-bond acceptors (Lipinski definition) is 4. The summed E-state index contributed by atoms with van der Waals surface area (Å²) in [5, 5.41) is 12.0. The van der Waals surface area contributed by atoms with Crippen LogP contribution in [0.4, 0.5) is 5.69 Å². The normalized spacial score (nSPS) is 26.8. The summed E-state index contributed by atoms with van der Waals surface area (Å²) in [5.74, 6) is 0.717. The summed E-state index contributed by atoms with van der Waals surface area (Å²) in [6.07, 6.45) is 7.36. The van der Waals surface area contributed by atoms with Crippen molar-refractivity contribution >= 4 is 11.5 Å². The number of fused-ring (bicyclic) bond motifs is 3. The lowest BCUT2D eigenvalue weighted by atomic mass is 9.55. The van der Waals surface area contributed by atoms with Crippen LogP contribution in [0, 0.1) is 27.6 Å². The Bertz CT molecular complexity index is 691. The van der Waals surface area contributed by atoms with Crippen molar-refractivity contribution < 1.29 is 4.79 Å². The molecule has 0 N–H and O–H groups in total. The molecule has 126 valence electrons. The molecular formula is C20H24N2O2. The van der Waals surface area contributed by atoms with Crippen LogP contribution in [0.5, 0.6) is 0 Å². The van der Waals surface area contributed by atoms with Crippen molar-refractivity contribution in [2.45, 2.75) is 64.2 Å². The average molecular weight is 324 g/mol. The van der Waals surface area contributed by atoms with Crippen molar-refractivity contribution in [1.29, 1.82) is 5.26 Å². The largest absolute Gasteiger partial charge is 0.300 e. The van der Waals surface area contributed by atoms with Crippen LogP contribution in [-0.4, -0.2) is 5.78 Å². The highest BCUT2D eigenvalue weighted by Gasteiger charge is 2.46. The van der Waals surface area contributed by atoms with Crippen molar-refractivity contribution in [3.8, 4) is 6.07 Å². The highest BCUT2D eigenvalue weighted by Crippen LogP contribution is 2.56. The molecular weight excluding hydrogens is 300 g/mol. The maximum Gasteiger partial charge on any atom is 0.133 e. The van der Waals surface area contributed by atoms with Crippen LogP contribution >= 0.6 is 0 Å². The summed E-state index contributed by atoms with van der Waals surface area (Å²) in [5.41, 5.74) is 3.10. The van der Waals surface area contributed by atoms with Crippen LogP contribution in [0.2, 0.25) is 0 Å². The third-order valence-corrected chi connectivity index (χ3v) is 6.10. The lowest BCUT2D eigenvalue weighted by Crippen LogP contribution is -2.39. The number of nitroso groups, excluding NO2 is 1. The van der Waals surface area contributed by atoms with Gasteiger partial charge in [0.2, 0.25) is 0 Å². The topological polar surface area (TPSA) is 70.3 Å². The average Bonchev–Trinajstić information content (AvgIpc) is 2.61. The zero-order valence-electron chi connectivity index (χ0n) is 14.3. The van der Waals surface area contributed by atoms with E-state index in [0.717, 1.165) is 38.5 Å². The van der Waals surface area contributed by atoms with Crippen LogP contribution in [0.15, 0.2) is 23.4 Å². The minimum absolute atomic E-state index is 0.0992. The summed E-state index contributed by atoms with van der Waals surface area (Å²) in [6, 6.07) is 8.00. The molecule has 2 aliphatic rings. The van der Waals surface area contributed by atoms with Crippen LogP contribution in [0.1, 0.15) is 68.9 Å². The Labute approximate surface area is 143 Å². The van der Waals surface area contributed by atoms with Gasteiger partial charge >= 0.3 is 0 Å². The van der Waals surface area contributed by atoms with Gasteiger partial charge in [-0.15, -0.1) is 4.91 Å². The van der Waals surface area contributed by atoms with Crippen molar-refractivity contribution in [3.63, 3.8) is 0 Å². The zero-order chi connectivity index (χ0) is 17.2. The molecule has 0 aromatic heterocycles. The van der Waals surface area contributed by atoms with Gasteiger partial charge < -0.3 is 0 Å². The molecule has 4 nitrogen and oxygen atoms in total. The van der Waals surface area contributed by atoms with Crippen molar-refractivity contribution in [2.24, 2.45) is 16.5 Å². The first-order valence-corrected chi connectivity index (χ1v) is 8.95. The molecule has 3 rings (SSSR count). The predicted molar refractivity (Wildman–Crippen MR) is 92.9 cm³/mol. The minimum atomic E-state index is 0.0992. The maximum absolute atomic E-state index is 12.1. The second kappa shape index (κ2) is 6.84. The van der Waals surface area contributed by atoms with Crippen LogP contribution in [-0.2, 0) is 11.2 Å². The molecule has 1 saturated carbocycles. The number of nitriles is 1. The van der Waals surface area contributed by atoms with Gasteiger partial charge in [-0.2, -0.15) is 5.26 Å². The molecule has 0 spiro atoms. The second-order valence-corrected chi connectivity index (χ2v) is 7.55. The zero-order valence-corrected chi connectivity index (χ0v) is 14.3. The highest BCUT2D eigenvalue weighted by atomic mass is 16.3. The van der Waals surface area contributed by atoms with E-state index in [1.54, 1.807) is 6.07 Å². The van der Waals surface area contributed by atoms with E-state index in [2.05, 4.69) is 11.2 Å². The number of carbonyl (C=O) groups is 1. The van der Waals surface area contributed by atoms with Crippen LogP contribution < -0.4 is 0 Å². The lowest BCUT2D eigenvalue weighted by molar-refractivity contribution is -0.123. The molecule has 3 atom stereocenters. The lowest BCUT2D eigenvalue weighted by Gasteiger charge is -2.48. The predicted octanol–water partition coefficient (Wildman–Crippen LogP) is 5.18. The molecule has 4 heteroatoms. The number of hydrogen-bond donors (Lipinski definition) is 0. The first kappa shape index (κ1) is 16.8. The fourth-order valence-corrected chi connectivity index (χ4v) is 4.69. The van der Waals surface area contributed by atoms with Crippen LogP contribution in [0.25, 0.3) is 0 Å². The van der Waals surface area contributed by atoms with Crippen LogP contribution in [0.3, 0.4) is 0 Å². The maximum atomic E-state index is 12.1. The summed E-state index contributed by atoms with van der Waals surface area (Å²) < 4.78 is 0. The third-order valence-electron chi connectivity index (χ3n) is 6.10. The molecule has 0 radical (unpaired) electrons. The summed E-state index contributed by atoms with van der Waals surface area (Å²) in [4.78, 5) is 22.9. The van der Waals surface area contributed by atoms with Gasteiger partial charge in [0.25, 0.3) is 0 Å². The Balaban J connectivity index is 1.86. The summed E-state index contributed by atoms with van der Waals surface area (Å²) in [7, 11) is 0. The Morgan fingerprint density at radius 1 is 1.38 bits per heavy atom. The molecule has 0 bridgehead atoms. The third kappa shape index (κ3) is 3.13. The van der Waals surface area contributed by atoms with E-state index in [1.807, 2.05) is 19.1 Å². The Morgan fingerprint density at radius 2 is 2.17 bits per heavy atom.